The van der Waals surface area contributed by atoms with Crippen LogP contribution < -0.4 is 10.0 Å². The van der Waals surface area contributed by atoms with Gasteiger partial charge in [-0.2, -0.15) is 0 Å². The monoisotopic (exact) mass is 312 g/mol. The molecule has 1 aromatic rings. The Labute approximate surface area is 127 Å². The summed E-state index contributed by atoms with van der Waals surface area (Å²) in [5, 5.41) is 3.33. The molecule has 2 rings (SSSR count). The minimum atomic E-state index is -3.35. The maximum Gasteiger partial charge on any atom is 0.240 e. The Kier molecular flexibility index (Phi) is 5.58. The lowest BCUT2D eigenvalue weighted by Crippen LogP contribution is -2.45. The fraction of sp³-hybridized carbons (Fsp3) is 0.571. The second-order valence-corrected chi connectivity index (χ2v) is 7.19. The van der Waals surface area contributed by atoms with Gasteiger partial charge < -0.3 is 10.2 Å². The number of sulfonamides is 1. The van der Waals surface area contributed by atoms with E-state index in [0.29, 0.717) is 0 Å². The summed E-state index contributed by atoms with van der Waals surface area (Å²) in [6.07, 6.45) is 0. The summed E-state index contributed by atoms with van der Waals surface area (Å²) in [6.45, 7) is 6.33. The molecule has 0 saturated carbocycles. The Morgan fingerprint density at radius 1 is 1.10 bits per heavy atom. The zero-order chi connectivity index (χ0) is 15.3. The zero-order valence-electron chi connectivity index (χ0n) is 12.7. The fourth-order valence-corrected chi connectivity index (χ4v) is 3.03. The first-order valence-electron chi connectivity index (χ1n) is 7.19. The number of piperazine rings is 1. The van der Waals surface area contributed by atoms with Crippen molar-refractivity contribution in [3.8, 4) is 0 Å². The molecule has 1 aliphatic heterocycles. The lowest BCUT2D eigenvalue weighted by Gasteiger charge is -2.32. The van der Waals surface area contributed by atoms with Gasteiger partial charge in [0.15, 0.2) is 0 Å². The zero-order valence-corrected chi connectivity index (χ0v) is 13.5. The maximum absolute atomic E-state index is 11.6. The standard InChI is InChI=1S/C14H24N4O2S/c1-15-21(19,20)14-5-3-13(4-6-14)16-7-8-18-11-9-17(2)10-12-18/h3-6,15-16H,7-12H2,1-2H3. The normalized spacial score (nSPS) is 17.8. The van der Waals surface area contributed by atoms with Crippen LogP contribution in [0.1, 0.15) is 0 Å². The molecule has 1 fully saturated rings. The predicted octanol–water partition coefficient (Wildman–Crippen LogP) is 0.254. The Morgan fingerprint density at radius 2 is 1.71 bits per heavy atom. The molecule has 0 bridgehead atoms. The van der Waals surface area contributed by atoms with E-state index in [2.05, 4.69) is 26.9 Å². The number of rotatable bonds is 6. The summed E-state index contributed by atoms with van der Waals surface area (Å²) in [6, 6.07) is 6.83. The molecule has 0 spiro atoms. The second-order valence-electron chi connectivity index (χ2n) is 5.30. The molecule has 21 heavy (non-hydrogen) atoms. The molecule has 1 aromatic carbocycles. The highest BCUT2D eigenvalue weighted by Gasteiger charge is 2.13. The van der Waals surface area contributed by atoms with E-state index in [4.69, 9.17) is 0 Å². The smallest absolute Gasteiger partial charge is 0.240 e. The molecule has 0 aliphatic carbocycles. The number of hydrogen-bond donors (Lipinski definition) is 2. The molecule has 7 heteroatoms. The van der Waals surface area contributed by atoms with Crippen LogP contribution in [0.5, 0.6) is 0 Å². The Balaban J connectivity index is 1.79. The summed E-state index contributed by atoms with van der Waals surface area (Å²) in [7, 11) is 0.215. The van der Waals surface area contributed by atoms with Crippen molar-refractivity contribution in [3.05, 3.63) is 24.3 Å². The van der Waals surface area contributed by atoms with E-state index in [1.165, 1.54) is 7.05 Å². The molecule has 0 radical (unpaired) electrons. The molecular formula is C14H24N4O2S. The van der Waals surface area contributed by atoms with Crippen LogP contribution in [0.4, 0.5) is 5.69 Å². The summed E-state index contributed by atoms with van der Waals surface area (Å²) in [5.74, 6) is 0. The Morgan fingerprint density at radius 3 is 2.29 bits per heavy atom. The minimum Gasteiger partial charge on any atom is -0.384 e. The number of hydrogen-bond acceptors (Lipinski definition) is 5. The minimum absolute atomic E-state index is 0.287. The predicted molar refractivity (Wildman–Crippen MR) is 85.1 cm³/mol. The van der Waals surface area contributed by atoms with Crippen LogP contribution in [-0.4, -0.2) is 71.6 Å². The topological polar surface area (TPSA) is 64.7 Å². The molecule has 6 nitrogen and oxygen atoms in total. The number of nitrogens with zero attached hydrogens (tertiary/aromatic N) is 2. The van der Waals surface area contributed by atoms with E-state index in [-0.39, 0.29) is 4.90 Å². The lowest BCUT2D eigenvalue weighted by atomic mass is 10.3. The highest BCUT2D eigenvalue weighted by Crippen LogP contribution is 2.13. The van der Waals surface area contributed by atoms with Crippen molar-refractivity contribution in [1.82, 2.24) is 14.5 Å². The van der Waals surface area contributed by atoms with E-state index in [1.54, 1.807) is 24.3 Å². The van der Waals surface area contributed by atoms with Gasteiger partial charge in [-0.3, -0.25) is 4.90 Å². The van der Waals surface area contributed by atoms with Crippen LogP contribution in [0, 0.1) is 0 Å². The van der Waals surface area contributed by atoms with Crippen LogP contribution in [0.15, 0.2) is 29.2 Å². The summed E-state index contributed by atoms with van der Waals surface area (Å²) < 4.78 is 25.5. The third kappa shape index (κ3) is 4.67. The highest BCUT2D eigenvalue weighted by molar-refractivity contribution is 7.89. The number of likely N-dealkylation sites (N-methyl/N-ethyl adjacent to an activating group) is 1. The maximum atomic E-state index is 11.6. The summed E-state index contributed by atoms with van der Waals surface area (Å²) >= 11 is 0. The van der Waals surface area contributed by atoms with Gasteiger partial charge in [0, 0.05) is 45.0 Å². The first-order chi connectivity index (χ1) is 10.0. The largest absolute Gasteiger partial charge is 0.384 e. The van der Waals surface area contributed by atoms with Crippen molar-refractivity contribution in [2.24, 2.45) is 0 Å². The first-order valence-corrected chi connectivity index (χ1v) is 8.68. The number of benzene rings is 1. The van der Waals surface area contributed by atoms with Gasteiger partial charge >= 0.3 is 0 Å². The van der Waals surface area contributed by atoms with E-state index >= 15 is 0 Å². The van der Waals surface area contributed by atoms with Crippen LogP contribution >= 0.6 is 0 Å². The molecular weight excluding hydrogens is 288 g/mol. The van der Waals surface area contributed by atoms with Crippen molar-refractivity contribution in [3.63, 3.8) is 0 Å². The highest BCUT2D eigenvalue weighted by atomic mass is 32.2. The second kappa shape index (κ2) is 7.22. The molecule has 2 N–H and O–H groups in total. The van der Waals surface area contributed by atoms with Gasteiger partial charge in [-0.05, 0) is 38.4 Å². The molecule has 0 aromatic heterocycles. The van der Waals surface area contributed by atoms with Gasteiger partial charge in [-0.25, -0.2) is 13.1 Å². The number of nitrogens with one attached hydrogen (secondary N) is 2. The van der Waals surface area contributed by atoms with Crippen LogP contribution in [0.25, 0.3) is 0 Å². The van der Waals surface area contributed by atoms with Gasteiger partial charge in [0.05, 0.1) is 4.90 Å². The van der Waals surface area contributed by atoms with Crippen molar-refractivity contribution in [1.29, 1.82) is 0 Å². The van der Waals surface area contributed by atoms with Crippen LogP contribution in [0.2, 0.25) is 0 Å². The lowest BCUT2D eigenvalue weighted by molar-refractivity contribution is 0.158. The molecule has 1 heterocycles. The van der Waals surface area contributed by atoms with E-state index in [1.807, 2.05) is 0 Å². The summed E-state index contributed by atoms with van der Waals surface area (Å²) in [5.41, 5.74) is 0.944. The van der Waals surface area contributed by atoms with E-state index < -0.39 is 10.0 Å². The van der Waals surface area contributed by atoms with Crippen LogP contribution in [-0.2, 0) is 10.0 Å². The third-order valence-electron chi connectivity index (χ3n) is 3.79. The van der Waals surface area contributed by atoms with E-state index in [9.17, 15) is 8.42 Å². The Hall–Kier alpha value is -1.15. The van der Waals surface area contributed by atoms with Crippen LogP contribution in [0.3, 0.4) is 0 Å². The molecule has 1 aliphatic rings. The van der Waals surface area contributed by atoms with Gasteiger partial charge in [-0.1, -0.05) is 0 Å². The average Bonchev–Trinajstić information content (AvgIpc) is 2.50. The van der Waals surface area contributed by atoms with Crippen molar-refractivity contribution in [2.75, 3.05) is 58.7 Å². The van der Waals surface area contributed by atoms with Gasteiger partial charge in [0.1, 0.15) is 0 Å². The van der Waals surface area contributed by atoms with E-state index in [0.717, 1.165) is 45.0 Å². The van der Waals surface area contributed by atoms with Crippen molar-refractivity contribution in [2.45, 2.75) is 4.90 Å². The number of anilines is 1. The fourth-order valence-electron chi connectivity index (χ4n) is 2.30. The third-order valence-corrected chi connectivity index (χ3v) is 5.22. The molecule has 1 saturated heterocycles. The Bertz CT molecular complexity index is 537. The quantitative estimate of drug-likeness (QED) is 0.788. The van der Waals surface area contributed by atoms with Gasteiger partial charge in [-0.15, -0.1) is 0 Å². The van der Waals surface area contributed by atoms with Gasteiger partial charge in [0.25, 0.3) is 0 Å². The summed E-state index contributed by atoms with van der Waals surface area (Å²) in [4.78, 5) is 5.06. The molecule has 0 unspecified atom stereocenters. The molecule has 118 valence electrons. The molecule has 0 amide bonds. The van der Waals surface area contributed by atoms with Crippen molar-refractivity contribution < 1.29 is 8.42 Å². The SMILES string of the molecule is CNS(=O)(=O)c1ccc(NCCN2CCN(C)CC2)cc1. The first kappa shape index (κ1) is 16.2. The van der Waals surface area contributed by atoms with Gasteiger partial charge in [0.2, 0.25) is 10.0 Å². The average molecular weight is 312 g/mol. The van der Waals surface area contributed by atoms with Crippen molar-refractivity contribution >= 4 is 15.7 Å². The molecule has 0 atom stereocenters.